The third kappa shape index (κ3) is 3.55. The van der Waals surface area contributed by atoms with Gasteiger partial charge in [0.25, 0.3) is 0 Å². The molecule has 4 aromatic rings. The van der Waals surface area contributed by atoms with Gasteiger partial charge in [0.15, 0.2) is 11.5 Å². The number of nitrogens with zero attached hydrogens (tertiary/aromatic N) is 7. The number of rotatable bonds is 3. The van der Waals surface area contributed by atoms with Crippen molar-refractivity contribution in [1.82, 2.24) is 29.3 Å². The minimum atomic E-state index is 0.491. The Labute approximate surface area is 192 Å². The van der Waals surface area contributed by atoms with E-state index < -0.39 is 0 Å². The molecule has 0 N–H and O–H groups in total. The highest BCUT2D eigenvalue weighted by atomic mass is 16.5. The Bertz CT molecular complexity index is 1370. The molecule has 0 radical (unpaired) electrons. The van der Waals surface area contributed by atoms with Crippen LogP contribution >= 0.6 is 0 Å². The van der Waals surface area contributed by atoms with Crippen molar-refractivity contribution in [3.63, 3.8) is 0 Å². The fourth-order valence-electron chi connectivity index (χ4n) is 4.77. The molecule has 0 aliphatic carbocycles. The first-order chi connectivity index (χ1) is 16.2. The van der Waals surface area contributed by atoms with Crippen LogP contribution in [0.3, 0.4) is 0 Å². The summed E-state index contributed by atoms with van der Waals surface area (Å²) in [6.07, 6.45) is 3.87. The smallest absolute Gasteiger partial charge is 0.209 e. The Morgan fingerprint density at radius 3 is 2.58 bits per heavy atom. The van der Waals surface area contributed by atoms with Gasteiger partial charge in [-0.05, 0) is 18.8 Å². The molecule has 2 aliphatic rings. The number of aryl methyl sites for hydroxylation is 2. The zero-order valence-electron chi connectivity index (χ0n) is 18.8. The maximum absolute atomic E-state index is 5.65. The first-order valence-corrected chi connectivity index (χ1v) is 11.4. The molecule has 0 amide bonds. The van der Waals surface area contributed by atoms with Gasteiger partial charge >= 0.3 is 0 Å². The SMILES string of the molecule is CCn1ncc2c(N3C[C@H]4COC[C@H]4C3)nc(C#Cc3nc(-c4ccccc4)cn3C)nc21. The quantitative estimate of drug-likeness (QED) is 0.457. The van der Waals surface area contributed by atoms with Crippen molar-refractivity contribution in [2.75, 3.05) is 31.2 Å². The molecule has 166 valence electrons. The van der Waals surface area contributed by atoms with Crippen LogP contribution in [0.1, 0.15) is 18.6 Å². The molecular weight excluding hydrogens is 414 g/mol. The highest BCUT2D eigenvalue weighted by Gasteiger charge is 2.38. The van der Waals surface area contributed by atoms with Gasteiger partial charge in [0.1, 0.15) is 5.82 Å². The number of benzene rings is 1. The summed E-state index contributed by atoms with van der Waals surface area (Å²) in [6, 6.07) is 10.1. The maximum atomic E-state index is 5.65. The van der Waals surface area contributed by atoms with Crippen molar-refractivity contribution in [2.24, 2.45) is 18.9 Å². The van der Waals surface area contributed by atoms with Crippen LogP contribution in [0.15, 0.2) is 42.7 Å². The summed E-state index contributed by atoms with van der Waals surface area (Å²) in [7, 11) is 1.95. The van der Waals surface area contributed by atoms with Gasteiger partial charge in [-0.1, -0.05) is 30.3 Å². The van der Waals surface area contributed by atoms with Crippen molar-refractivity contribution in [3.8, 4) is 23.1 Å². The lowest BCUT2D eigenvalue weighted by atomic mass is 10.0. The molecule has 0 bridgehead atoms. The van der Waals surface area contributed by atoms with Gasteiger partial charge in [-0.2, -0.15) is 5.10 Å². The molecule has 2 aliphatic heterocycles. The van der Waals surface area contributed by atoms with Crippen LogP contribution in [0, 0.1) is 23.7 Å². The molecule has 0 spiro atoms. The first kappa shape index (κ1) is 19.9. The van der Waals surface area contributed by atoms with Crippen LogP contribution in [0.25, 0.3) is 22.3 Å². The van der Waals surface area contributed by atoms with E-state index in [2.05, 4.69) is 28.8 Å². The van der Waals surface area contributed by atoms with E-state index >= 15 is 0 Å². The molecule has 2 fully saturated rings. The fourth-order valence-corrected chi connectivity index (χ4v) is 4.77. The predicted molar refractivity (Wildman–Crippen MR) is 126 cm³/mol. The number of ether oxygens (including phenoxy) is 1. The zero-order valence-corrected chi connectivity index (χ0v) is 18.8. The minimum absolute atomic E-state index is 0.491. The topological polar surface area (TPSA) is 73.9 Å². The Hall–Kier alpha value is -3.70. The summed E-state index contributed by atoms with van der Waals surface area (Å²) >= 11 is 0. The molecule has 5 heterocycles. The highest BCUT2D eigenvalue weighted by Crippen LogP contribution is 2.34. The van der Waals surface area contributed by atoms with E-state index in [1.807, 2.05) is 59.0 Å². The van der Waals surface area contributed by atoms with Gasteiger partial charge in [0.2, 0.25) is 5.82 Å². The largest absolute Gasteiger partial charge is 0.381 e. The standard InChI is InChI=1S/C25H25N7O/c1-3-32-25-20(11-26-32)24(31-12-18-15-33-16-19(18)13-31)28-22(29-25)9-10-23-27-21(14-30(23)2)17-7-5-4-6-8-17/h4-8,11,14,18-19H,3,12-13,15-16H2,1-2H3/t18-,19+. The Morgan fingerprint density at radius 1 is 1.03 bits per heavy atom. The lowest BCUT2D eigenvalue weighted by Gasteiger charge is -2.19. The monoisotopic (exact) mass is 439 g/mol. The molecule has 3 aromatic heterocycles. The van der Waals surface area contributed by atoms with E-state index in [9.17, 15) is 0 Å². The summed E-state index contributed by atoms with van der Waals surface area (Å²) in [5, 5.41) is 5.51. The van der Waals surface area contributed by atoms with Gasteiger partial charge in [0, 0.05) is 50.3 Å². The number of hydrogen-bond acceptors (Lipinski definition) is 6. The van der Waals surface area contributed by atoms with Crippen LogP contribution in [-0.2, 0) is 18.3 Å². The molecule has 0 saturated carbocycles. The maximum Gasteiger partial charge on any atom is 0.209 e. The van der Waals surface area contributed by atoms with Crippen LogP contribution in [0.4, 0.5) is 5.82 Å². The highest BCUT2D eigenvalue weighted by molar-refractivity contribution is 5.87. The lowest BCUT2D eigenvalue weighted by molar-refractivity contribution is 0.177. The van der Waals surface area contributed by atoms with E-state index in [4.69, 9.17) is 19.7 Å². The van der Waals surface area contributed by atoms with E-state index in [-0.39, 0.29) is 0 Å². The van der Waals surface area contributed by atoms with Crippen LogP contribution < -0.4 is 4.90 Å². The Morgan fingerprint density at radius 2 is 1.82 bits per heavy atom. The van der Waals surface area contributed by atoms with Crippen molar-refractivity contribution in [2.45, 2.75) is 13.5 Å². The normalized spacial score (nSPS) is 19.6. The molecule has 2 saturated heterocycles. The van der Waals surface area contributed by atoms with Crippen molar-refractivity contribution in [3.05, 3.63) is 54.4 Å². The molecule has 8 heteroatoms. The summed E-state index contributed by atoms with van der Waals surface area (Å²) in [5.41, 5.74) is 2.79. The lowest BCUT2D eigenvalue weighted by Crippen LogP contribution is -2.24. The molecule has 6 rings (SSSR count). The number of fused-ring (bicyclic) bond motifs is 2. The van der Waals surface area contributed by atoms with E-state index in [1.54, 1.807) is 0 Å². The second-order valence-corrected chi connectivity index (χ2v) is 8.71. The molecule has 2 atom stereocenters. The van der Waals surface area contributed by atoms with Crippen molar-refractivity contribution < 1.29 is 4.74 Å². The number of hydrogen-bond donors (Lipinski definition) is 0. The molecule has 1 aromatic carbocycles. The number of imidazole rings is 1. The van der Waals surface area contributed by atoms with Gasteiger partial charge in [-0.25, -0.2) is 19.6 Å². The fraction of sp³-hybridized carbons (Fsp3) is 0.360. The first-order valence-electron chi connectivity index (χ1n) is 11.4. The van der Waals surface area contributed by atoms with Crippen molar-refractivity contribution in [1.29, 1.82) is 0 Å². The minimum Gasteiger partial charge on any atom is -0.381 e. The summed E-state index contributed by atoms with van der Waals surface area (Å²) in [4.78, 5) is 16.7. The van der Waals surface area contributed by atoms with Gasteiger partial charge < -0.3 is 14.2 Å². The van der Waals surface area contributed by atoms with Gasteiger partial charge in [-0.3, -0.25) is 0 Å². The summed E-state index contributed by atoms with van der Waals surface area (Å²) in [6.45, 7) is 6.36. The van der Waals surface area contributed by atoms with Crippen LogP contribution in [0.2, 0.25) is 0 Å². The molecular formula is C25H25N7O. The second kappa shape index (κ2) is 8.01. The Kier molecular flexibility index (Phi) is 4.84. The molecule has 8 nitrogen and oxygen atoms in total. The third-order valence-electron chi connectivity index (χ3n) is 6.55. The van der Waals surface area contributed by atoms with Gasteiger partial charge in [0.05, 0.1) is 30.5 Å². The number of aromatic nitrogens is 6. The Balaban J connectivity index is 1.38. The van der Waals surface area contributed by atoms with Crippen LogP contribution in [0.5, 0.6) is 0 Å². The number of anilines is 1. The average molecular weight is 440 g/mol. The van der Waals surface area contributed by atoms with Crippen molar-refractivity contribution >= 4 is 16.9 Å². The van der Waals surface area contributed by atoms with Gasteiger partial charge in [-0.15, -0.1) is 0 Å². The summed E-state index contributed by atoms with van der Waals surface area (Å²) in [5.74, 6) is 9.56. The van der Waals surface area contributed by atoms with E-state index in [0.717, 1.165) is 61.0 Å². The molecule has 0 unspecified atom stereocenters. The molecule has 33 heavy (non-hydrogen) atoms. The van der Waals surface area contributed by atoms with E-state index in [0.29, 0.717) is 23.5 Å². The predicted octanol–water partition coefficient (Wildman–Crippen LogP) is 2.73. The third-order valence-corrected chi connectivity index (χ3v) is 6.55. The second-order valence-electron chi connectivity index (χ2n) is 8.71. The van der Waals surface area contributed by atoms with E-state index in [1.165, 1.54) is 0 Å². The van der Waals surface area contributed by atoms with Crippen LogP contribution in [-0.4, -0.2) is 55.6 Å². The average Bonchev–Trinajstić information content (AvgIpc) is 3.60. The zero-order chi connectivity index (χ0) is 22.4. The summed E-state index contributed by atoms with van der Waals surface area (Å²) < 4.78 is 9.49.